The summed E-state index contributed by atoms with van der Waals surface area (Å²) in [6, 6.07) is 19.4. The Kier molecular flexibility index (Phi) is 5.88. The van der Waals surface area contributed by atoms with Crippen molar-refractivity contribution in [1.82, 2.24) is 0 Å². The van der Waals surface area contributed by atoms with Gasteiger partial charge >= 0.3 is 0 Å². The first-order valence-corrected chi connectivity index (χ1v) is 12.7. The minimum atomic E-state index is -3.90. The molecule has 0 N–H and O–H groups in total. The first kappa shape index (κ1) is 21.5. The van der Waals surface area contributed by atoms with Gasteiger partial charge in [-0.3, -0.25) is 4.18 Å². The molecule has 162 valence electrons. The second kappa shape index (κ2) is 8.45. The molecule has 0 spiro atoms. The van der Waals surface area contributed by atoms with Crippen LogP contribution in [0.3, 0.4) is 0 Å². The summed E-state index contributed by atoms with van der Waals surface area (Å²) < 4.78 is 61.7. The second-order valence-electron chi connectivity index (χ2n) is 7.42. The van der Waals surface area contributed by atoms with Crippen LogP contribution < -0.4 is 4.74 Å². The molecular formula is C23H22O6S2. The van der Waals surface area contributed by atoms with Crippen LogP contribution in [0, 0.1) is 6.92 Å². The summed E-state index contributed by atoms with van der Waals surface area (Å²) in [5.74, 6) is 0.435. The van der Waals surface area contributed by atoms with Gasteiger partial charge in [0.15, 0.2) is 0 Å². The number of sulfone groups is 1. The fourth-order valence-electron chi connectivity index (χ4n) is 3.36. The number of fused-ring (bicyclic) bond motifs is 1. The van der Waals surface area contributed by atoms with Gasteiger partial charge in [-0.2, -0.15) is 8.42 Å². The quantitative estimate of drug-likeness (QED) is 0.520. The monoisotopic (exact) mass is 458 g/mol. The predicted octanol–water partition coefficient (Wildman–Crippen LogP) is 3.93. The van der Waals surface area contributed by atoms with Crippen molar-refractivity contribution in [2.75, 3.05) is 6.61 Å². The molecule has 6 nitrogen and oxygen atoms in total. The second-order valence-corrected chi connectivity index (χ2v) is 11.0. The van der Waals surface area contributed by atoms with Crippen LogP contribution in [-0.2, 0) is 30.6 Å². The summed E-state index contributed by atoms with van der Waals surface area (Å²) in [5.41, 5.74) is 1.83. The van der Waals surface area contributed by atoms with E-state index in [0.717, 1.165) is 11.1 Å². The summed E-state index contributed by atoms with van der Waals surface area (Å²) in [6.07, 6.45) is 0.711. The normalized spacial score (nSPS) is 16.4. The highest BCUT2D eigenvalue weighted by molar-refractivity contribution is 7.91. The fourth-order valence-corrected chi connectivity index (χ4v) is 5.60. The van der Waals surface area contributed by atoms with Crippen LogP contribution in [0.5, 0.6) is 5.75 Å². The van der Waals surface area contributed by atoms with Gasteiger partial charge < -0.3 is 4.74 Å². The van der Waals surface area contributed by atoms with E-state index in [4.69, 9.17) is 8.92 Å². The maximum Gasteiger partial charge on any atom is 0.297 e. The third kappa shape index (κ3) is 4.66. The summed E-state index contributed by atoms with van der Waals surface area (Å²) >= 11 is 0. The topological polar surface area (TPSA) is 86.7 Å². The zero-order valence-electron chi connectivity index (χ0n) is 16.9. The van der Waals surface area contributed by atoms with Gasteiger partial charge in [-0.25, -0.2) is 8.42 Å². The first-order chi connectivity index (χ1) is 14.8. The van der Waals surface area contributed by atoms with E-state index in [9.17, 15) is 16.8 Å². The molecule has 0 fully saturated rings. The SMILES string of the molecule is Cc1ccc(S(=O)(=O)OC[C@H]2CCc3ccc(S(=O)(=O)c4ccccc4)cc3O2)cc1. The Balaban J connectivity index is 1.49. The maximum atomic E-state index is 12.9. The van der Waals surface area contributed by atoms with Gasteiger partial charge in [0.05, 0.1) is 14.7 Å². The number of rotatable bonds is 6. The summed E-state index contributed by atoms with van der Waals surface area (Å²) in [4.78, 5) is 0.423. The number of ether oxygens (including phenoxy) is 1. The van der Waals surface area contributed by atoms with Crippen LogP contribution >= 0.6 is 0 Å². The largest absolute Gasteiger partial charge is 0.488 e. The van der Waals surface area contributed by atoms with Crippen LogP contribution in [-0.4, -0.2) is 29.5 Å². The van der Waals surface area contributed by atoms with E-state index in [1.54, 1.807) is 54.6 Å². The molecular weight excluding hydrogens is 436 g/mol. The average molecular weight is 459 g/mol. The lowest BCUT2D eigenvalue weighted by Gasteiger charge is -2.26. The number of hydrogen-bond acceptors (Lipinski definition) is 6. The number of aryl methyl sites for hydroxylation is 2. The Morgan fingerprint density at radius 2 is 1.55 bits per heavy atom. The minimum Gasteiger partial charge on any atom is -0.488 e. The van der Waals surface area contributed by atoms with Crippen LogP contribution in [0.15, 0.2) is 87.5 Å². The molecule has 0 saturated carbocycles. The molecule has 0 unspecified atom stereocenters. The standard InChI is InChI=1S/C23H22O6S2/c1-17-7-12-21(13-8-17)31(26,27)28-16-19-11-9-18-10-14-22(15-23(18)29-19)30(24,25)20-5-3-2-4-6-20/h2-8,10,12-15,19H,9,11,16H2,1H3/t19-/m1/s1. The van der Waals surface area contributed by atoms with Crippen LogP contribution in [0.4, 0.5) is 0 Å². The van der Waals surface area contributed by atoms with E-state index in [-0.39, 0.29) is 21.3 Å². The zero-order valence-corrected chi connectivity index (χ0v) is 18.5. The van der Waals surface area contributed by atoms with Crippen LogP contribution in [0.1, 0.15) is 17.5 Å². The van der Waals surface area contributed by atoms with Crippen molar-refractivity contribution in [3.05, 3.63) is 83.9 Å². The van der Waals surface area contributed by atoms with Gasteiger partial charge in [-0.05, 0) is 61.7 Å². The molecule has 1 aliphatic rings. The molecule has 1 heterocycles. The van der Waals surface area contributed by atoms with Crippen molar-refractivity contribution in [2.24, 2.45) is 0 Å². The summed E-state index contributed by atoms with van der Waals surface area (Å²) in [6.45, 7) is 1.72. The van der Waals surface area contributed by atoms with Gasteiger partial charge in [0.25, 0.3) is 10.1 Å². The van der Waals surface area contributed by atoms with Gasteiger partial charge in [-0.1, -0.05) is 42.0 Å². The van der Waals surface area contributed by atoms with Crippen LogP contribution in [0.2, 0.25) is 0 Å². The molecule has 8 heteroatoms. The molecule has 0 aliphatic carbocycles. The Morgan fingerprint density at radius 1 is 0.871 bits per heavy atom. The summed E-state index contributed by atoms with van der Waals surface area (Å²) in [5, 5.41) is 0. The van der Waals surface area contributed by atoms with E-state index in [1.807, 2.05) is 6.92 Å². The lowest BCUT2D eigenvalue weighted by Crippen LogP contribution is -2.29. The molecule has 0 amide bonds. The van der Waals surface area contributed by atoms with Crippen molar-refractivity contribution in [3.63, 3.8) is 0 Å². The molecule has 0 saturated heterocycles. The van der Waals surface area contributed by atoms with Crippen molar-refractivity contribution in [2.45, 2.75) is 40.6 Å². The minimum absolute atomic E-state index is 0.0885. The van der Waals surface area contributed by atoms with Crippen LogP contribution in [0.25, 0.3) is 0 Å². The molecule has 1 atom stereocenters. The molecule has 0 bridgehead atoms. The Hall–Kier alpha value is -2.68. The van der Waals surface area contributed by atoms with E-state index in [2.05, 4.69) is 0 Å². The summed E-state index contributed by atoms with van der Waals surface area (Å²) in [7, 11) is -7.57. The Morgan fingerprint density at radius 3 is 2.26 bits per heavy atom. The predicted molar refractivity (Wildman–Crippen MR) is 115 cm³/mol. The van der Waals surface area contributed by atoms with E-state index >= 15 is 0 Å². The van der Waals surface area contributed by atoms with E-state index in [0.29, 0.717) is 18.6 Å². The molecule has 1 aliphatic heterocycles. The number of benzene rings is 3. The first-order valence-electron chi connectivity index (χ1n) is 9.81. The molecule has 3 aromatic carbocycles. The van der Waals surface area contributed by atoms with E-state index < -0.39 is 26.1 Å². The smallest absolute Gasteiger partial charge is 0.297 e. The highest BCUT2D eigenvalue weighted by Gasteiger charge is 2.26. The van der Waals surface area contributed by atoms with Crippen molar-refractivity contribution in [1.29, 1.82) is 0 Å². The zero-order chi connectivity index (χ0) is 22.1. The third-order valence-corrected chi connectivity index (χ3v) is 8.21. The molecule has 3 aromatic rings. The molecule has 31 heavy (non-hydrogen) atoms. The van der Waals surface area contributed by atoms with Crippen molar-refractivity contribution in [3.8, 4) is 5.75 Å². The lowest BCUT2D eigenvalue weighted by molar-refractivity contribution is 0.112. The Labute approximate surface area is 182 Å². The van der Waals surface area contributed by atoms with Gasteiger partial charge in [0.1, 0.15) is 18.5 Å². The molecule has 0 aromatic heterocycles. The van der Waals surface area contributed by atoms with Gasteiger partial charge in [-0.15, -0.1) is 0 Å². The molecule has 4 rings (SSSR count). The lowest BCUT2D eigenvalue weighted by atomic mass is 10.0. The van der Waals surface area contributed by atoms with Crippen molar-refractivity contribution < 1.29 is 25.8 Å². The highest BCUT2D eigenvalue weighted by atomic mass is 32.2. The maximum absolute atomic E-state index is 12.9. The average Bonchev–Trinajstić information content (AvgIpc) is 2.78. The third-order valence-electron chi connectivity index (χ3n) is 5.15. The Bertz CT molecular complexity index is 1280. The number of hydrogen-bond donors (Lipinski definition) is 0. The molecule has 0 radical (unpaired) electrons. The highest BCUT2D eigenvalue weighted by Crippen LogP contribution is 2.32. The van der Waals surface area contributed by atoms with Gasteiger partial charge in [0, 0.05) is 0 Å². The van der Waals surface area contributed by atoms with E-state index in [1.165, 1.54) is 18.2 Å². The fraction of sp³-hybridized carbons (Fsp3) is 0.217. The van der Waals surface area contributed by atoms with Crippen molar-refractivity contribution >= 4 is 20.0 Å². The van der Waals surface area contributed by atoms with Gasteiger partial charge in [0.2, 0.25) is 9.84 Å².